The van der Waals surface area contributed by atoms with Crippen LogP contribution in [0.25, 0.3) is 0 Å². The molecule has 0 spiro atoms. The molecule has 1 aromatic rings. The van der Waals surface area contributed by atoms with Crippen LogP contribution < -0.4 is 5.46 Å². The van der Waals surface area contributed by atoms with E-state index in [0.717, 1.165) is 0 Å². The van der Waals surface area contributed by atoms with Crippen molar-refractivity contribution in [2.75, 3.05) is 0 Å². The van der Waals surface area contributed by atoms with E-state index in [2.05, 4.69) is 28.1 Å². The normalized spacial score (nSPS) is 17.7. The second-order valence-corrected chi connectivity index (χ2v) is 6.16. The van der Waals surface area contributed by atoms with Crippen LogP contribution in [0.5, 0.6) is 0 Å². The zero-order valence-electron chi connectivity index (χ0n) is 10.8. The summed E-state index contributed by atoms with van der Waals surface area (Å²) in [6.07, 6.45) is 2.40. The van der Waals surface area contributed by atoms with Gasteiger partial charge in [-0.25, -0.2) is 0 Å². The standard InChI is InChI=1S/C13H19B2O2/c1-12(2,3)14-13(8-9-13)10-4-6-11(7-5-10)15(16)17/h4-7,16-17H,8-9H2,1-3H3. The molecule has 0 aliphatic heterocycles. The van der Waals surface area contributed by atoms with Gasteiger partial charge in [0.15, 0.2) is 0 Å². The molecule has 0 heterocycles. The average molecular weight is 229 g/mol. The zero-order valence-corrected chi connectivity index (χ0v) is 10.8. The monoisotopic (exact) mass is 229 g/mol. The van der Waals surface area contributed by atoms with Crippen LogP contribution in [0.3, 0.4) is 0 Å². The molecule has 2 N–H and O–H groups in total. The first-order valence-electron chi connectivity index (χ1n) is 6.16. The molecule has 0 unspecified atom stereocenters. The summed E-state index contributed by atoms with van der Waals surface area (Å²) < 4.78 is 0. The van der Waals surface area contributed by atoms with Crippen molar-refractivity contribution in [3.63, 3.8) is 0 Å². The van der Waals surface area contributed by atoms with Crippen molar-refractivity contribution < 1.29 is 10.0 Å². The molecule has 0 saturated heterocycles. The lowest BCUT2D eigenvalue weighted by molar-refractivity contribution is 0.426. The summed E-state index contributed by atoms with van der Waals surface area (Å²) in [6, 6.07) is 7.64. The van der Waals surface area contributed by atoms with Gasteiger partial charge < -0.3 is 10.0 Å². The van der Waals surface area contributed by atoms with Crippen molar-refractivity contribution in [2.45, 2.75) is 44.2 Å². The molecule has 0 bridgehead atoms. The second-order valence-electron chi connectivity index (χ2n) is 6.16. The van der Waals surface area contributed by atoms with Crippen molar-refractivity contribution in [3.8, 4) is 0 Å². The van der Waals surface area contributed by atoms with E-state index in [1.54, 1.807) is 12.1 Å². The first-order chi connectivity index (χ1) is 7.82. The van der Waals surface area contributed by atoms with Gasteiger partial charge in [-0.3, -0.25) is 0 Å². The topological polar surface area (TPSA) is 40.5 Å². The van der Waals surface area contributed by atoms with Gasteiger partial charge in [-0.05, 0) is 16.3 Å². The Morgan fingerprint density at radius 2 is 1.65 bits per heavy atom. The third-order valence-corrected chi connectivity index (χ3v) is 3.28. The highest BCUT2D eigenvalue weighted by Gasteiger charge is 2.46. The molecule has 0 amide bonds. The Labute approximate surface area is 104 Å². The summed E-state index contributed by atoms with van der Waals surface area (Å²) in [4.78, 5) is 0. The fraction of sp³-hybridized carbons (Fsp3) is 0.538. The quantitative estimate of drug-likeness (QED) is 0.766. The SMILES string of the molecule is CC(C)(C)[B]C1(c2ccc(B(O)O)cc2)CC1. The first-order valence-corrected chi connectivity index (χ1v) is 6.16. The maximum atomic E-state index is 9.07. The summed E-state index contributed by atoms with van der Waals surface area (Å²) in [6.45, 7) is 6.66. The van der Waals surface area contributed by atoms with E-state index in [1.165, 1.54) is 18.4 Å². The number of benzene rings is 1. The van der Waals surface area contributed by atoms with E-state index in [0.29, 0.717) is 5.46 Å². The summed E-state index contributed by atoms with van der Waals surface area (Å²) in [5.41, 5.74) is 1.84. The lowest BCUT2D eigenvalue weighted by Gasteiger charge is -2.25. The van der Waals surface area contributed by atoms with Gasteiger partial charge >= 0.3 is 7.12 Å². The fourth-order valence-corrected chi connectivity index (χ4v) is 2.47. The molecule has 17 heavy (non-hydrogen) atoms. The molecule has 1 aliphatic rings. The van der Waals surface area contributed by atoms with Crippen LogP contribution in [0.2, 0.25) is 5.31 Å². The Balaban J connectivity index is 2.17. The van der Waals surface area contributed by atoms with E-state index in [-0.39, 0.29) is 10.6 Å². The maximum Gasteiger partial charge on any atom is 0.488 e. The van der Waals surface area contributed by atoms with Crippen LogP contribution in [0, 0.1) is 0 Å². The van der Waals surface area contributed by atoms with Gasteiger partial charge in [-0.1, -0.05) is 63.2 Å². The molecule has 1 aliphatic carbocycles. The van der Waals surface area contributed by atoms with E-state index >= 15 is 0 Å². The van der Waals surface area contributed by atoms with Crippen molar-refractivity contribution in [2.24, 2.45) is 0 Å². The van der Waals surface area contributed by atoms with Crippen LogP contribution in [-0.2, 0) is 5.31 Å². The summed E-state index contributed by atoms with van der Waals surface area (Å²) in [5, 5.41) is 18.6. The minimum absolute atomic E-state index is 0.214. The van der Waals surface area contributed by atoms with Crippen molar-refractivity contribution in [3.05, 3.63) is 29.8 Å². The molecule has 1 fully saturated rings. The Bertz CT molecular complexity index is 389. The van der Waals surface area contributed by atoms with E-state index in [9.17, 15) is 0 Å². The third kappa shape index (κ3) is 2.93. The number of hydrogen-bond acceptors (Lipinski definition) is 2. The molecule has 0 atom stereocenters. The van der Waals surface area contributed by atoms with Crippen LogP contribution >= 0.6 is 0 Å². The summed E-state index contributed by atoms with van der Waals surface area (Å²) in [7, 11) is 1.05. The van der Waals surface area contributed by atoms with Crippen molar-refractivity contribution in [1.82, 2.24) is 0 Å². The molecule has 1 saturated carbocycles. The number of rotatable bonds is 3. The van der Waals surface area contributed by atoms with Crippen LogP contribution in [-0.4, -0.2) is 24.4 Å². The van der Waals surface area contributed by atoms with E-state index < -0.39 is 7.12 Å². The van der Waals surface area contributed by atoms with Gasteiger partial charge in [0.05, 0.1) is 0 Å². The minimum Gasteiger partial charge on any atom is -0.423 e. The highest BCUT2D eigenvalue weighted by atomic mass is 16.4. The second kappa shape index (κ2) is 4.18. The fourth-order valence-electron chi connectivity index (χ4n) is 2.47. The van der Waals surface area contributed by atoms with Gasteiger partial charge in [-0.15, -0.1) is 0 Å². The molecule has 2 nitrogen and oxygen atoms in total. The number of hydrogen-bond donors (Lipinski definition) is 2. The Hall–Kier alpha value is -0.730. The summed E-state index contributed by atoms with van der Waals surface area (Å²) >= 11 is 0. The van der Waals surface area contributed by atoms with Crippen LogP contribution in [0.1, 0.15) is 39.2 Å². The predicted molar refractivity (Wildman–Crippen MR) is 72.6 cm³/mol. The third-order valence-electron chi connectivity index (χ3n) is 3.28. The van der Waals surface area contributed by atoms with E-state index in [4.69, 9.17) is 10.0 Å². The first kappa shape index (κ1) is 12.7. The van der Waals surface area contributed by atoms with Gasteiger partial charge in [0.25, 0.3) is 0 Å². The molecule has 1 radical (unpaired) electrons. The Morgan fingerprint density at radius 3 is 2.00 bits per heavy atom. The molecular formula is C13H19B2O2. The Morgan fingerprint density at radius 1 is 1.12 bits per heavy atom. The van der Waals surface area contributed by atoms with Crippen LogP contribution in [0.15, 0.2) is 24.3 Å². The highest BCUT2D eigenvalue weighted by Crippen LogP contribution is 2.51. The van der Waals surface area contributed by atoms with Gasteiger partial charge in [0.1, 0.15) is 7.28 Å². The molecule has 0 aromatic heterocycles. The smallest absolute Gasteiger partial charge is 0.423 e. The average Bonchev–Trinajstić information content (AvgIpc) is 2.96. The maximum absolute atomic E-state index is 9.07. The zero-order chi connectivity index (χ0) is 12.7. The lowest BCUT2D eigenvalue weighted by atomic mass is 9.44. The van der Waals surface area contributed by atoms with Crippen LogP contribution in [0.4, 0.5) is 0 Å². The molecule has 89 valence electrons. The molecule has 2 rings (SSSR count). The molecule has 1 aromatic carbocycles. The van der Waals surface area contributed by atoms with Gasteiger partial charge in [0.2, 0.25) is 0 Å². The summed E-state index contributed by atoms with van der Waals surface area (Å²) in [5.74, 6) is 0. The minimum atomic E-state index is -1.37. The molecular weight excluding hydrogens is 210 g/mol. The van der Waals surface area contributed by atoms with Crippen molar-refractivity contribution in [1.29, 1.82) is 0 Å². The van der Waals surface area contributed by atoms with Gasteiger partial charge in [0, 0.05) is 0 Å². The highest BCUT2D eigenvalue weighted by molar-refractivity contribution is 6.58. The lowest BCUT2D eigenvalue weighted by Crippen LogP contribution is -2.30. The largest absolute Gasteiger partial charge is 0.488 e. The van der Waals surface area contributed by atoms with Gasteiger partial charge in [-0.2, -0.15) is 0 Å². The molecule has 4 heteroatoms. The Kier molecular flexibility index (Phi) is 3.13. The predicted octanol–water partition coefficient (Wildman–Crippen LogP) is 1.28. The van der Waals surface area contributed by atoms with E-state index in [1.807, 2.05) is 12.1 Å². The van der Waals surface area contributed by atoms with Crippen molar-refractivity contribution >= 4 is 19.9 Å².